The molecule has 6 heteroatoms. The lowest BCUT2D eigenvalue weighted by Crippen LogP contribution is -2.39. The molecule has 0 bridgehead atoms. The van der Waals surface area contributed by atoms with Crippen molar-refractivity contribution >= 4 is 41.7 Å². The van der Waals surface area contributed by atoms with Gasteiger partial charge in [0.1, 0.15) is 0 Å². The number of nitrogens with one attached hydrogen (secondary N) is 1. The minimum Gasteiger partial charge on any atom is -0.352 e. The van der Waals surface area contributed by atoms with Crippen molar-refractivity contribution in [3.8, 4) is 0 Å². The van der Waals surface area contributed by atoms with Gasteiger partial charge in [-0.25, -0.2) is 0 Å². The predicted octanol–water partition coefficient (Wildman–Crippen LogP) is 4.20. The van der Waals surface area contributed by atoms with E-state index in [1.165, 1.54) is 22.6 Å². The highest BCUT2D eigenvalue weighted by Gasteiger charge is 2.24. The third-order valence-electron chi connectivity index (χ3n) is 4.45. The second-order valence-electron chi connectivity index (χ2n) is 6.43. The van der Waals surface area contributed by atoms with Crippen molar-refractivity contribution in [2.75, 3.05) is 25.9 Å². The average Bonchev–Trinajstić information content (AvgIpc) is 3.12. The normalized spacial score (nSPS) is 17.1. The highest BCUT2D eigenvalue weighted by atomic mass is 127. The first-order valence-corrected chi connectivity index (χ1v) is 9.78. The Labute approximate surface area is 177 Å². The highest BCUT2D eigenvalue weighted by Crippen LogP contribution is 2.25. The summed E-state index contributed by atoms with van der Waals surface area (Å²) in [7, 11) is 1.86. The molecule has 1 aromatic carbocycles. The quantitative estimate of drug-likeness (QED) is 0.300. The molecule has 3 rings (SSSR count). The Bertz CT molecular complexity index is 691. The summed E-state index contributed by atoms with van der Waals surface area (Å²) in [5.74, 6) is 2.87. The van der Waals surface area contributed by atoms with Crippen LogP contribution in [0.4, 0.5) is 0 Å². The van der Waals surface area contributed by atoms with Crippen molar-refractivity contribution in [1.29, 1.82) is 0 Å². The summed E-state index contributed by atoms with van der Waals surface area (Å²) >= 11 is 1.96. The summed E-state index contributed by atoms with van der Waals surface area (Å²) in [4.78, 5) is 12.5. The molecule has 1 aliphatic rings. The summed E-state index contributed by atoms with van der Waals surface area (Å²) in [6, 6.07) is 14.8. The van der Waals surface area contributed by atoms with Crippen LogP contribution in [-0.2, 0) is 6.54 Å². The van der Waals surface area contributed by atoms with Gasteiger partial charge in [0.2, 0.25) is 0 Å². The zero-order valence-corrected chi connectivity index (χ0v) is 18.5. The van der Waals surface area contributed by atoms with Gasteiger partial charge in [0.25, 0.3) is 0 Å². The molecular formula is C20H27IN4S. The Hall–Kier alpha value is -1.28. The maximum absolute atomic E-state index is 4.46. The zero-order chi connectivity index (χ0) is 17.5. The smallest absolute Gasteiger partial charge is 0.193 e. The Morgan fingerprint density at radius 3 is 2.77 bits per heavy atom. The third-order valence-corrected chi connectivity index (χ3v) is 5.69. The average molecular weight is 482 g/mol. The second-order valence-corrected chi connectivity index (χ2v) is 7.53. The van der Waals surface area contributed by atoms with Crippen molar-refractivity contribution < 1.29 is 0 Å². The second kappa shape index (κ2) is 10.8. The number of nitrogens with zero attached hydrogens (tertiary/aromatic N) is 3. The molecule has 2 aromatic rings. The molecule has 0 amide bonds. The maximum Gasteiger partial charge on any atom is 0.193 e. The molecule has 1 aromatic heterocycles. The largest absolute Gasteiger partial charge is 0.352 e. The number of hydrogen-bond acceptors (Lipinski definition) is 3. The molecule has 4 nitrogen and oxygen atoms in total. The molecule has 2 heterocycles. The van der Waals surface area contributed by atoms with Crippen molar-refractivity contribution in [1.82, 2.24) is 15.2 Å². The van der Waals surface area contributed by atoms with Crippen molar-refractivity contribution in [3.05, 3.63) is 59.9 Å². The molecule has 140 valence electrons. The van der Waals surface area contributed by atoms with Crippen molar-refractivity contribution in [3.63, 3.8) is 0 Å². The van der Waals surface area contributed by atoms with Crippen LogP contribution < -0.4 is 5.32 Å². The van der Waals surface area contributed by atoms with Crippen LogP contribution in [0.2, 0.25) is 0 Å². The van der Waals surface area contributed by atoms with Crippen LogP contribution in [-0.4, -0.2) is 41.7 Å². The highest BCUT2D eigenvalue weighted by molar-refractivity contribution is 14.0. The number of halogens is 1. The van der Waals surface area contributed by atoms with Gasteiger partial charge >= 0.3 is 0 Å². The van der Waals surface area contributed by atoms with E-state index in [1.807, 2.05) is 38.0 Å². The summed E-state index contributed by atoms with van der Waals surface area (Å²) in [6.07, 6.45) is 3.16. The van der Waals surface area contributed by atoms with Crippen molar-refractivity contribution in [2.24, 2.45) is 10.9 Å². The number of pyridine rings is 1. The fourth-order valence-corrected chi connectivity index (χ4v) is 4.06. The van der Waals surface area contributed by atoms with Crippen LogP contribution in [0.15, 0.2) is 58.5 Å². The lowest BCUT2D eigenvalue weighted by molar-refractivity contribution is 0.474. The number of benzene rings is 1. The van der Waals surface area contributed by atoms with Gasteiger partial charge in [0.05, 0.1) is 0 Å². The van der Waals surface area contributed by atoms with Gasteiger partial charge in [0.15, 0.2) is 5.96 Å². The monoisotopic (exact) mass is 482 g/mol. The van der Waals surface area contributed by atoms with Gasteiger partial charge in [-0.05, 0) is 43.0 Å². The van der Waals surface area contributed by atoms with Crippen LogP contribution in [0.25, 0.3) is 0 Å². The van der Waals surface area contributed by atoms with Crippen LogP contribution >= 0.6 is 35.7 Å². The van der Waals surface area contributed by atoms with Crippen LogP contribution in [0.3, 0.4) is 0 Å². The summed E-state index contributed by atoms with van der Waals surface area (Å²) < 4.78 is 0. The molecule has 26 heavy (non-hydrogen) atoms. The number of aryl methyl sites for hydroxylation is 1. The molecular weight excluding hydrogens is 455 g/mol. The van der Waals surface area contributed by atoms with E-state index in [4.69, 9.17) is 0 Å². The summed E-state index contributed by atoms with van der Waals surface area (Å²) in [5, 5.41) is 3.47. The topological polar surface area (TPSA) is 40.5 Å². The maximum atomic E-state index is 4.46. The van der Waals surface area contributed by atoms with Gasteiger partial charge in [0, 0.05) is 49.2 Å². The molecule has 1 N–H and O–H groups in total. The Balaban J connectivity index is 0.00000243. The first kappa shape index (κ1) is 21.0. The van der Waals surface area contributed by atoms with Gasteiger partial charge in [-0.2, -0.15) is 0 Å². The number of aliphatic imine (C=N–C) groups is 1. The Morgan fingerprint density at radius 2 is 2.08 bits per heavy atom. The van der Waals surface area contributed by atoms with Crippen LogP contribution in [0, 0.1) is 12.8 Å². The van der Waals surface area contributed by atoms with Gasteiger partial charge < -0.3 is 10.2 Å². The first-order chi connectivity index (χ1) is 12.2. The van der Waals surface area contributed by atoms with E-state index in [2.05, 4.69) is 56.6 Å². The van der Waals surface area contributed by atoms with E-state index in [0.717, 1.165) is 31.3 Å². The van der Waals surface area contributed by atoms with Gasteiger partial charge in [-0.1, -0.05) is 24.3 Å². The molecule has 1 saturated heterocycles. The number of aromatic nitrogens is 1. The molecule has 1 fully saturated rings. The van der Waals surface area contributed by atoms with Gasteiger partial charge in [-0.3, -0.25) is 9.98 Å². The number of rotatable bonds is 5. The number of guanidine groups is 1. The molecule has 1 atom stereocenters. The van der Waals surface area contributed by atoms with Crippen LogP contribution in [0.5, 0.6) is 0 Å². The van der Waals surface area contributed by atoms with Crippen molar-refractivity contribution in [2.45, 2.75) is 24.8 Å². The zero-order valence-electron chi connectivity index (χ0n) is 15.4. The van der Waals surface area contributed by atoms with Crippen LogP contribution in [0.1, 0.15) is 17.7 Å². The number of hydrogen-bond donors (Lipinski definition) is 1. The molecule has 0 spiro atoms. The first-order valence-electron chi connectivity index (χ1n) is 8.79. The van der Waals surface area contributed by atoms with E-state index in [1.54, 1.807) is 0 Å². The molecule has 1 aliphatic heterocycles. The standard InChI is InChI=1S/C20H26N4S.HI/c1-16-8-9-17(12-22-16)13-23-20(21-2)24-11-10-18(14-24)15-25-19-6-4-3-5-7-19;/h3-9,12,18H,10-11,13-15H2,1-2H3,(H,21,23);1H. The van der Waals surface area contributed by atoms with E-state index in [-0.39, 0.29) is 24.0 Å². The van der Waals surface area contributed by atoms with E-state index < -0.39 is 0 Å². The number of thioether (sulfide) groups is 1. The Morgan fingerprint density at radius 1 is 1.27 bits per heavy atom. The van der Waals surface area contributed by atoms with E-state index >= 15 is 0 Å². The minimum atomic E-state index is 0. The third kappa shape index (κ3) is 6.16. The van der Waals surface area contributed by atoms with Gasteiger partial charge in [-0.15, -0.1) is 35.7 Å². The Kier molecular flexibility index (Phi) is 8.71. The SMILES string of the molecule is CN=C(NCc1ccc(C)nc1)N1CCC(CSc2ccccc2)C1.I. The number of likely N-dealkylation sites (tertiary alicyclic amines) is 1. The van der Waals surface area contributed by atoms with E-state index in [9.17, 15) is 0 Å². The minimum absolute atomic E-state index is 0. The molecule has 0 aliphatic carbocycles. The molecule has 0 saturated carbocycles. The predicted molar refractivity (Wildman–Crippen MR) is 121 cm³/mol. The lowest BCUT2D eigenvalue weighted by atomic mass is 10.2. The fourth-order valence-electron chi connectivity index (χ4n) is 3.01. The lowest BCUT2D eigenvalue weighted by Gasteiger charge is -2.21. The molecule has 0 radical (unpaired) electrons. The summed E-state index contributed by atoms with van der Waals surface area (Å²) in [6.45, 7) is 4.92. The molecule has 1 unspecified atom stereocenters. The van der Waals surface area contributed by atoms with E-state index in [0.29, 0.717) is 5.92 Å². The fraction of sp³-hybridized carbons (Fsp3) is 0.400. The summed E-state index contributed by atoms with van der Waals surface area (Å²) in [5.41, 5.74) is 2.23.